The Hall–Kier alpha value is -14.5. The van der Waals surface area contributed by atoms with Crippen LogP contribution in [0.3, 0.4) is 0 Å². The molecule has 0 aliphatic heterocycles. The molecule has 0 atom stereocenters. The van der Waals surface area contributed by atoms with Crippen LogP contribution in [0.15, 0.2) is 333 Å². The van der Waals surface area contributed by atoms with Crippen LogP contribution < -0.4 is 0 Å². The highest BCUT2D eigenvalue weighted by Gasteiger charge is 2.39. The van der Waals surface area contributed by atoms with Gasteiger partial charge >= 0.3 is 0 Å². The molecule has 13 nitrogen and oxygen atoms in total. The Morgan fingerprint density at radius 2 is 0.891 bits per heavy atom. The molecule has 1 aliphatic carbocycles. The molecule has 0 fully saturated rings. The Bertz CT molecular complexity index is 7380. The van der Waals surface area contributed by atoms with Gasteiger partial charge in [0.15, 0.2) is 34.9 Å². The highest BCUT2D eigenvalue weighted by atomic mass is 32.1. The highest BCUT2D eigenvalue weighted by molar-refractivity contribution is 7.26. The number of pyridine rings is 1. The number of hydrogen-bond acceptors (Lipinski definition) is 11. The predicted octanol–water partition coefficient (Wildman–Crippen LogP) is 23.8. The van der Waals surface area contributed by atoms with Gasteiger partial charge < -0.3 is 13.6 Å². The van der Waals surface area contributed by atoms with Crippen LogP contribution in [-0.4, -0.2) is 58.6 Å². The zero-order valence-electron chi connectivity index (χ0n) is 59.4. The van der Waals surface area contributed by atoms with E-state index in [1.165, 1.54) is 64.9 Å². The molecule has 14 heteroatoms. The molecule has 0 spiro atoms. The SMILES string of the molecule is CC1(C)c2ccccc2-c2ccc3c(c21)c1ncncc1n3-c1ccc2sc3c(-c4nc(-c5ccccc5)nc(-c5ccccc5)n4)cccc3c2c1.c1ccc(-c2nc(-c3ccccc3)nc(-c3cccc4c3oc3ccc(-n5c6ccc7c8ccccc8n(-c8ccccc8)c7c6c6cccnc65)cc34)n2)cc1. The quantitative estimate of drug-likeness (QED) is 0.137. The van der Waals surface area contributed by atoms with E-state index in [0.717, 1.165) is 116 Å². The maximum absolute atomic E-state index is 6.70. The Morgan fingerprint density at radius 3 is 1.59 bits per heavy atom. The van der Waals surface area contributed by atoms with Crippen molar-refractivity contribution in [2.75, 3.05) is 0 Å². The van der Waals surface area contributed by atoms with Crippen molar-refractivity contribution in [2.45, 2.75) is 19.3 Å². The summed E-state index contributed by atoms with van der Waals surface area (Å²) in [6.45, 7) is 4.67. The van der Waals surface area contributed by atoms with E-state index in [1.54, 1.807) is 17.7 Å². The smallest absolute Gasteiger partial charge is 0.167 e. The molecule has 9 heterocycles. The third-order valence-corrected chi connectivity index (χ3v) is 23.0. The monoisotopic (exact) mass is 1430 g/mol. The molecule has 13 aromatic carbocycles. The van der Waals surface area contributed by atoms with Crippen LogP contribution in [0, 0.1) is 0 Å². The fourth-order valence-electron chi connectivity index (χ4n) is 16.9. The van der Waals surface area contributed by atoms with Gasteiger partial charge in [-0.15, -0.1) is 11.3 Å². The third kappa shape index (κ3) is 9.82. The van der Waals surface area contributed by atoms with Crippen LogP contribution in [0.2, 0.25) is 0 Å². The molecule has 1 aliphatic rings. The van der Waals surface area contributed by atoms with Gasteiger partial charge in [0.1, 0.15) is 28.7 Å². The van der Waals surface area contributed by atoms with Gasteiger partial charge in [0, 0.05) is 114 Å². The van der Waals surface area contributed by atoms with Gasteiger partial charge in [-0.05, 0) is 113 Å². The van der Waals surface area contributed by atoms with E-state index < -0.39 is 0 Å². The first-order valence-electron chi connectivity index (χ1n) is 36.7. The van der Waals surface area contributed by atoms with Crippen molar-refractivity contribution < 1.29 is 4.42 Å². The molecule has 516 valence electrons. The summed E-state index contributed by atoms with van der Waals surface area (Å²) in [4.78, 5) is 44.5. The highest BCUT2D eigenvalue weighted by Crippen LogP contribution is 2.54. The van der Waals surface area contributed by atoms with E-state index in [0.29, 0.717) is 34.9 Å². The van der Waals surface area contributed by atoms with Gasteiger partial charge in [-0.1, -0.05) is 232 Å². The van der Waals surface area contributed by atoms with Gasteiger partial charge in [-0.2, -0.15) is 0 Å². The second-order valence-electron chi connectivity index (χ2n) is 28.4. The minimum absolute atomic E-state index is 0.171. The molecule has 0 saturated carbocycles. The summed E-state index contributed by atoms with van der Waals surface area (Å²) in [6.07, 6.45) is 5.50. The minimum atomic E-state index is -0.171. The Kier molecular flexibility index (Phi) is 14.2. The summed E-state index contributed by atoms with van der Waals surface area (Å²) in [5, 5.41) is 10.2. The van der Waals surface area contributed by atoms with Crippen LogP contribution in [-0.2, 0) is 5.41 Å². The van der Waals surface area contributed by atoms with Crippen molar-refractivity contribution in [1.29, 1.82) is 0 Å². The minimum Gasteiger partial charge on any atom is -0.455 e. The summed E-state index contributed by atoms with van der Waals surface area (Å²) in [5.41, 5.74) is 22.7. The van der Waals surface area contributed by atoms with Gasteiger partial charge in [0.25, 0.3) is 0 Å². The van der Waals surface area contributed by atoms with Crippen molar-refractivity contribution in [3.8, 4) is 96.5 Å². The number of rotatable bonds is 9. The molecule has 110 heavy (non-hydrogen) atoms. The second kappa shape index (κ2) is 24.8. The summed E-state index contributed by atoms with van der Waals surface area (Å²) in [6, 6.07) is 107. The molecule has 0 unspecified atom stereocenters. The van der Waals surface area contributed by atoms with Crippen molar-refractivity contribution in [3.05, 3.63) is 339 Å². The zero-order valence-corrected chi connectivity index (χ0v) is 60.2. The number of fused-ring (bicyclic) bond motifs is 20. The summed E-state index contributed by atoms with van der Waals surface area (Å²) < 4.78 is 16.1. The normalized spacial score (nSPS) is 12.5. The molecular formula is C96H60N12OS. The summed E-state index contributed by atoms with van der Waals surface area (Å²) >= 11 is 1.77. The fourth-order valence-corrected chi connectivity index (χ4v) is 18.1. The molecule has 9 aromatic heterocycles. The largest absolute Gasteiger partial charge is 0.455 e. The van der Waals surface area contributed by atoms with Gasteiger partial charge in [0.2, 0.25) is 0 Å². The average Bonchev–Trinajstić information content (AvgIpc) is 1.54. The molecule has 22 aromatic rings. The number of benzene rings is 13. The Balaban J connectivity index is 0.000000136. The van der Waals surface area contributed by atoms with E-state index in [4.69, 9.17) is 44.3 Å². The first-order valence-corrected chi connectivity index (χ1v) is 37.5. The van der Waals surface area contributed by atoms with Crippen molar-refractivity contribution >= 4 is 119 Å². The zero-order chi connectivity index (χ0) is 72.7. The van der Waals surface area contributed by atoms with Crippen molar-refractivity contribution in [3.63, 3.8) is 0 Å². The fraction of sp³-hybridized carbons (Fsp3) is 0.0312. The van der Waals surface area contributed by atoms with Crippen LogP contribution in [0.4, 0.5) is 0 Å². The first-order chi connectivity index (χ1) is 54.3. The van der Waals surface area contributed by atoms with E-state index in [2.05, 4.69) is 208 Å². The van der Waals surface area contributed by atoms with Crippen molar-refractivity contribution in [2.24, 2.45) is 0 Å². The van der Waals surface area contributed by atoms with E-state index >= 15 is 0 Å². The predicted molar refractivity (Wildman–Crippen MR) is 446 cm³/mol. The van der Waals surface area contributed by atoms with Gasteiger partial charge in [-0.3, -0.25) is 4.57 Å². The van der Waals surface area contributed by atoms with Gasteiger partial charge in [0.05, 0.1) is 39.3 Å². The molecule has 0 N–H and O–H groups in total. The lowest BCUT2D eigenvalue weighted by Crippen LogP contribution is -2.15. The number of thiophene rings is 1. The number of furan rings is 1. The molecule has 23 rings (SSSR count). The van der Waals surface area contributed by atoms with Crippen LogP contribution in [0.25, 0.3) is 204 Å². The van der Waals surface area contributed by atoms with Gasteiger partial charge in [-0.25, -0.2) is 44.9 Å². The molecule has 0 radical (unpaired) electrons. The van der Waals surface area contributed by atoms with E-state index in [9.17, 15) is 0 Å². The molecular weight excluding hydrogens is 1370 g/mol. The van der Waals surface area contributed by atoms with E-state index in [1.807, 2.05) is 146 Å². The number of nitrogens with zero attached hydrogens (tertiary/aromatic N) is 12. The second-order valence-corrected chi connectivity index (χ2v) is 29.5. The third-order valence-electron chi connectivity index (χ3n) is 21.8. The van der Waals surface area contributed by atoms with Crippen LogP contribution in [0.1, 0.15) is 25.0 Å². The lowest BCUT2D eigenvalue weighted by Gasteiger charge is -2.22. The Morgan fingerprint density at radius 1 is 0.345 bits per heavy atom. The number of para-hydroxylation sites is 3. The lowest BCUT2D eigenvalue weighted by atomic mass is 9.81. The molecule has 0 bridgehead atoms. The van der Waals surface area contributed by atoms with Crippen LogP contribution in [0.5, 0.6) is 0 Å². The average molecular weight is 1430 g/mol. The molecule has 0 saturated heterocycles. The maximum Gasteiger partial charge on any atom is 0.167 e. The molecule has 0 amide bonds. The maximum atomic E-state index is 6.70. The number of aromatic nitrogens is 12. The lowest BCUT2D eigenvalue weighted by molar-refractivity contribution is 0.666. The topological polar surface area (TPSA) is 144 Å². The number of hydrogen-bond donors (Lipinski definition) is 0. The first kappa shape index (κ1) is 62.9. The standard InChI is InChI=1S/C50H30N6O.C46H30N6S/c1-4-14-31(15-5-1)47-52-48(32-16-6-2-7-17-32)54-49(53-47)39-22-12-21-37-40-30-34(25-28-43(40)57-46(37)39)56-42-27-26-36-35-20-10-11-24-41(35)55(33-18-8-3-9-19-33)45(36)44(42)38-23-13-29-51-50(38)56;1-46(2)35-19-10-9-16-30(35)31-21-22-36-39(40(31)46)41-37(25-47-26-48-41)52(36)29-20-23-38-34(24-29)32-17-11-18-33(42(32)53-38)45-50-43(27-12-5-3-6-13-27)49-44(51-45)28-14-7-4-8-15-28/h1-30H;3-26H,1-2H3. The Labute approximate surface area is 633 Å². The van der Waals surface area contributed by atoms with Crippen molar-refractivity contribution in [1.82, 2.24) is 58.6 Å². The summed E-state index contributed by atoms with van der Waals surface area (Å²) in [5.74, 6) is 3.73. The van der Waals surface area contributed by atoms with Crippen LogP contribution >= 0.6 is 11.3 Å². The summed E-state index contributed by atoms with van der Waals surface area (Å²) in [7, 11) is 0. The van der Waals surface area contributed by atoms with E-state index in [-0.39, 0.29) is 5.41 Å².